The van der Waals surface area contributed by atoms with Gasteiger partial charge < -0.3 is 9.90 Å². The molecule has 1 unspecified atom stereocenters. The van der Waals surface area contributed by atoms with Crippen LogP contribution in [0.2, 0.25) is 10.0 Å². The zero-order chi connectivity index (χ0) is 26.9. The number of nitrogens with zero attached hydrogens (tertiary/aromatic N) is 3. The number of carbonyl (C=O) groups is 1. The van der Waals surface area contributed by atoms with Gasteiger partial charge >= 0.3 is 6.18 Å². The van der Waals surface area contributed by atoms with Crippen LogP contribution in [0, 0.1) is 5.82 Å². The molecule has 2 aromatic carbocycles. The molecule has 0 spiro atoms. The maximum atomic E-state index is 14.2. The lowest BCUT2D eigenvalue weighted by molar-refractivity contribution is -0.140. The summed E-state index contributed by atoms with van der Waals surface area (Å²) in [6, 6.07) is 8.24. The van der Waals surface area contributed by atoms with Crippen molar-refractivity contribution in [3.05, 3.63) is 69.0 Å². The van der Waals surface area contributed by atoms with Gasteiger partial charge in [-0.05, 0) is 55.3 Å². The second-order valence-electron chi connectivity index (χ2n) is 9.85. The maximum Gasteiger partial charge on any atom is 0.419 e. The highest BCUT2D eigenvalue weighted by molar-refractivity contribution is 6.42. The Bertz CT molecular complexity index is 1110. The average molecular weight is 562 g/mol. The highest BCUT2D eigenvalue weighted by Gasteiger charge is 2.41. The number of piperidine rings is 1. The molecule has 0 aromatic heterocycles. The standard InChI is InChI=1S/C26H29Cl2F4N3O2/c1-33(12-16-2-4-20(23(29)10-16)26(30,31)32)24-14-35(25(15-36)34-8-6-18(37)7-9-34)13-19(24)17-3-5-21(27)22(28)11-17/h2-5,10-11,15,18-19,24-25,37H,6-9,12-14H2,1H3/t19-,24-,25?/m1/s1. The number of aliphatic hydroxyl groups is 1. The fourth-order valence-corrected chi connectivity index (χ4v) is 5.70. The summed E-state index contributed by atoms with van der Waals surface area (Å²) in [6.07, 6.45) is -3.49. The van der Waals surface area contributed by atoms with Gasteiger partial charge in [-0.1, -0.05) is 35.3 Å². The van der Waals surface area contributed by atoms with E-state index in [0.29, 0.717) is 54.6 Å². The van der Waals surface area contributed by atoms with Gasteiger partial charge in [0.25, 0.3) is 0 Å². The summed E-state index contributed by atoms with van der Waals surface area (Å²) in [5.74, 6) is -1.39. The average Bonchev–Trinajstić information content (AvgIpc) is 3.27. The third-order valence-electron chi connectivity index (χ3n) is 7.40. The van der Waals surface area contributed by atoms with E-state index < -0.39 is 23.7 Å². The molecule has 2 fully saturated rings. The van der Waals surface area contributed by atoms with Crippen molar-refractivity contribution < 1.29 is 27.5 Å². The molecule has 2 aromatic rings. The quantitative estimate of drug-likeness (QED) is 0.379. The fourth-order valence-electron chi connectivity index (χ4n) is 5.40. The molecule has 0 bridgehead atoms. The SMILES string of the molecule is CN(Cc1ccc(C(F)(F)F)c(F)c1)[C@@H]1CN(C(C=O)N2CCC(O)CC2)C[C@@H]1c1ccc(Cl)c(Cl)c1. The van der Waals surface area contributed by atoms with Gasteiger partial charge in [0.2, 0.25) is 0 Å². The Morgan fingerprint density at radius 1 is 1.08 bits per heavy atom. The lowest BCUT2D eigenvalue weighted by atomic mass is 9.93. The molecule has 5 nitrogen and oxygen atoms in total. The number of aliphatic hydroxyl groups excluding tert-OH is 1. The number of alkyl halides is 3. The van der Waals surface area contributed by atoms with Crippen LogP contribution >= 0.6 is 23.2 Å². The molecule has 202 valence electrons. The highest BCUT2D eigenvalue weighted by Crippen LogP contribution is 2.36. The molecule has 1 N–H and O–H groups in total. The van der Waals surface area contributed by atoms with Crippen molar-refractivity contribution in [1.82, 2.24) is 14.7 Å². The second-order valence-corrected chi connectivity index (χ2v) is 10.7. The number of likely N-dealkylation sites (N-methyl/N-ethyl adjacent to an activating group) is 1. The Morgan fingerprint density at radius 2 is 1.78 bits per heavy atom. The van der Waals surface area contributed by atoms with E-state index in [9.17, 15) is 27.5 Å². The lowest BCUT2D eigenvalue weighted by Gasteiger charge is -2.38. The lowest BCUT2D eigenvalue weighted by Crippen LogP contribution is -2.52. The van der Waals surface area contributed by atoms with E-state index in [-0.39, 0.29) is 24.6 Å². The normalized spacial score (nSPS) is 23.1. The number of benzene rings is 2. The summed E-state index contributed by atoms with van der Waals surface area (Å²) in [4.78, 5) is 18.3. The largest absolute Gasteiger partial charge is 0.419 e. The van der Waals surface area contributed by atoms with Crippen molar-refractivity contribution in [1.29, 1.82) is 0 Å². The number of hydrogen-bond donors (Lipinski definition) is 1. The first-order chi connectivity index (χ1) is 17.5. The van der Waals surface area contributed by atoms with Gasteiger partial charge in [-0.3, -0.25) is 14.7 Å². The first-order valence-electron chi connectivity index (χ1n) is 12.1. The molecular weight excluding hydrogens is 533 g/mol. The van der Waals surface area contributed by atoms with Crippen LogP contribution in [-0.4, -0.2) is 77.6 Å². The molecule has 0 saturated carbocycles. The van der Waals surface area contributed by atoms with Crippen LogP contribution in [0.5, 0.6) is 0 Å². The van der Waals surface area contributed by atoms with Crippen LogP contribution in [0.15, 0.2) is 36.4 Å². The van der Waals surface area contributed by atoms with E-state index in [2.05, 4.69) is 9.80 Å². The minimum atomic E-state index is -4.76. The van der Waals surface area contributed by atoms with Crippen molar-refractivity contribution >= 4 is 29.5 Å². The number of hydrogen-bond acceptors (Lipinski definition) is 5. The van der Waals surface area contributed by atoms with Crippen molar-refractivity contribution in [2.24, 2.45) is 0 Å². The third-order valence-corrected chi connectivity index (χ3v) is 8.13. The predicted octanol–water partition coefficient (Wildman–Crippen LogP) is 5.03. The zero-order valence-corrected chi connectivity index (χ0v) is 21.8. The van der Waals surface area contributed by atoms with Crippen LogP contribution in [0.25, 0.3) is 0 Å². The Labute approximate surface area is 223 Å². The predicted molar refractivity (Wildman–Crippen MR) is 134 cm³/mol. The first kappa shape index (κ1) is 28.3. The molecule has 0 aliphatic carbocycles. The molecule has 2 aliphatic rings. The summed E-state index contributed by atoms with van der Waals surface area (Å²) >= 11 is 12.4. The van der Waals surface area contributed by atoms with Gasteiger partial charge in [0, 0.05) is 44.7 Å². The van der Waals surface area contributed by atoms with Gasteiger partial charge in [-0.2, -0.15) is 13.2 Å². The summed E-state index contributed by atoms with van der Waals surface area (Å²) in [6.45, 7) is 2.46. The van der Waals surface area contributed by atoms with Crippen LogP contribution in [0.4, 0.5) is 17.6 Å². The van der Waals surface area contributed by atoms with E-state index >= 15 is 0 Å². The molecule has 37 heavy (non-hydrogen) atoms. The van der Waals surface area contributed by atoms with Crippen LogP contribution in [0.3, 0.4) is 0 Å². The van der Waals surface area contributed by atoms with Crippen molar-refractivity contribution in [3.63, 3.8) is 0 Å². The minimum Gasteiger partial charge on any atom is -0.393 e. The second kappa shape index (κ2) is 11.6. The maximum absolute atomic E-state index is 14.2. The van der Waals surface area contributed by atoms with Gasteiger partial charge in [-0.15, -0.1) is 0 Å². The molecule has 2 saturated heterocycles. The Kier molecular flexibility index (Phi) is 8.82. The van der Waals surface area contributed by atoms with E-state index in [0.717, 1.165) is 24.0 Å². The van der Waals surface area contributed by atoms with Crippen molar-refractivity contribution in [2.45, 2.75) is 49.8 Å². The van der Waals surface area contributed by atoms with E-state index in [1.54, 1.807) is 12.1 Å². The smallest absolute Gasteiger partial charge is 0.393 e. The number of aldehydes is 1. The molecule has 3 atom stereocenters. The third kappa shape index (κ3) is 6.46. The molecular formula is C26H29Cl2F4N3O2. The molecule has 2 aliphatic heterocycles. The van der Waals surface area contributed by atoms with E-state index in [4.69, 9.17) is 23.2 Å². The Hall–Kier alpha value is -1.75. The van der Waals surface area contributed by atoms with Crippen LogP contribution in [-0.2, 0) is 17.5 Å². The summed E-state index contributed by atoms with van der Waals surface area (Å²) in [5.41, 5.74) is 0.0439. The van der Waals surface area contributed by atoms with Gasteiger partial charge in [0.1, 0.15) is 12.0 Å². The molecule has 11 heteroatoms. The number of rotatable bonds is 7. The summed E-state index contributed by atoms with van der Waals surface area (Å²) in [7, 11) is 1.83. The topological polar surface area (TPSA) is 47.0 Å². The summed E-state index contributed by atoms with van der Waals surface area (Å²) < 4.78 is 53.2. The molecule has 0 radical (unpaired) electrons. The van der Waals surface area contributed by atoms with Gasteiger partial charge in [0.05, 0.1) is 21.7 Å². The number of carbonyl (C=O) groups excluding carboxylic acids is 1. The van der Waals surface area contributed by atoms with Crippen molar-refractivity contribution in [3.8, 4) is 0 Å². The Morgan fingerprint density at radius 3 is 2.38 bits per heavy atom. The van der Waals surface area contributed by atoms with Gasteiger partial charge in [0.15, 0.2) is 6.29 Å². The fraction of sp³-hybridized carbons (Fsp3) is 0.500. The summed E-state index contributed by atoms with van der Waals surface area (Å²) in [5, 5.41) is 10.7. The van der Waals surface area contributed by atoms with E-state index in [1.807, 2.05) is 18.0 Å². The number of halogens is 6. The molecule has 4 rings (SSSR count). The van der Waals surface area contributed by atoms with Gasteiger partial charge in [-0.25, -0.2) is 4.39 Å². The van der Waals surface area contributed by atoms with Crippen LogP contribution < -0.4 is 0 Å². The minimum absolute atomic E-state index is 0.0862. The van der Waals surface area contributed by atoms with Crippen molar-refractivity contribution in [2.75, 3.05) is 33.2 Å². The monoisotopic (exact) mass is 561 g/mol. The highest BCUT2D eigenvalue weighted by atomic mass is 35.5. The zero-order valence-electron chi connectivity index (χ0n) is 20.3. The number of likely N-dealkylation sites (tertiary alicyclic amines) is 2. The first-order valence-corrected chi connectivity index (χ1v) is 12.9. The van der Waals surface area contributed by atoms with Crippen LogP contribution in [0.1, 0.15) is 35.4 Å². The molecule has 0 amide bonds. The van der Waals surface area contributed by atoms with E-state index in [1.165, 1.54) is 6.07 Å². The molecule has 2 heterocycles. The Balaban J connectivity index is 1.58.